The van der Waals surface area contributed by atoms with Crippen molar-refractivity contribution in [1.82, 2.24) is 9.88 Å². The molecule has 0 saturated carbocycles. The molecule has 1 aromatic heterocycles. The minimum Gasteiger partial charge on any atom is -0.398 e. The van der Waals surface area contributed by atoms with Crippen molar-refractivity contribution < 1.29 is 4.74 Å². The number of benzene rings is 2. The number of hydrogen-bond acceptors (Lipinski definition) is 4. The number of nitrogens with zero attached hydrogens (tertiary/aromatic N) is 2. The van der Waals surface area contributed by atoms with Gasteiger partial charge in [0.1, 0.15) is 0 Å². The summed E-state index contributed by atoms with van der Waals surface area (Å²) in [5, 5.41) is 1.01. The molecule has 128 valence electrons. The maximum Gasteiger partial charge on any atom is 0.0800 e. The third kappa shape index (κ3) is 3.11. The van der Waals surface area contributed by atoms with E-state index in [2.05, 4.69) is 47.1 Å². The summed E-state index contributed by atoms with van der Waals surface area (Å²) in [5.41, 5.74) is 11.4. The average molecular weight is 333 g/mol. The predicted octanol–water partition coefficient (Wildman–Crippen LogP) is 3.88. The first-order valence-corrected chi connectivity index (χ1v) is 8.79. The third-order valence-corrected chi connectivity index (χ3v) is 5.10. The number of rotatable bonds is 3. The van der Waals surface area contributed by atoms with Crippen LogP contribution in [-0.2, 0) is 4.74 Å². The van der Waals surface area contributed by atoms with Gasteiger partial charge in [0.2, 0.25) is 0 Å². The number of fused-ring (bicyclic) bond motifs is 1. The van der Waals surface area contributed by atoms with Crippen LogP contribution in [0.5, 0.6) is 0 Å². The van der Waals surface area contributed by atoms with Crippen LogP contribution in [0.15, 0.2) is 54.7 Å². The number of aromatic nitrogens is 1. The molecule has 1 aliphatic rings. The lowest BCUT2D eigenvalue weighted by Gasteiger charge is -2.32. The summed E-state index contributed by atoms with van der Waals surface area (Å²) in [4.78, 5) is 7.02. The molecule has 0 spiro atoms. The molecule has 25 heavy (non-hydrogen) atoms. The monoisotopic (exact) mass is 333 g/mol. The Balaban J connectivity index is 1.65. The lowest BCUT2D eigenvalue weighted by molar-refractivity contribution is 0.0198. The fourth-order valence-corrected chi connectivity index (χ4v) is 3.55. The molecule has 4 rings (SSSR count). The van der Waals surface area contributed by atoms with Crippen LogP contribution in [0.3, 0.4) is 0 Å². The van der Waals surface area contributed by atoms with E-state index in [0.717, 1.165) is 48.5 Å². The van der Waals surface area contributed by atoms with Gasteiger partial charge in [-0.15, -0.1) is 0 Å². The number of nitrogens with two attached hydrogens (primary N) is 1. The van der Waals surface area contributed by atoms with Gasteiger partial charge in [-0.2, -0.15) is 0 Å². The zero-order valence-electron chi connectivity index (χ0n) is 14.5. The lowest BCUT2D eigenvalue weighted by atomic mass is 9.98. The van der Waals surface area contributed by atoms with Crippen LogP contribution in [-0.4, -0.2) is 36.2 Å². The van der Waals surface area contributed by atoms with Crippen LogP contribution < -0.4 is 5.73 Å². The Bertz CT molecular complexity index is 870. The summed E-state index contributed by atoms with van der Waals surface area (Å²) in [5.74, 6) is 0. The molecular formula is C21H23N3O. The zero-order chi connectivity index (χ0) is 17.2. The number of nitrogen functional groups attached to an aromatic ring is 1. The molecule has 0 aliphatic carbocycles. The number of ether oxygens (including phenoxy) is 1. The first-order chi connectivity index (χ1) is 12.2. The van der Waals surface area contributed by atoms with E-state index in [1.165, 1.54) is 11.1 Å². The van der Waals surface area contributed by atoms with Gasteiger partial charge in [-0.1, -0.05) is 42.5 Å². The van der Waals surface area contributed by atoms with Crippen molar-refractivity contribution in [1.29, 1.82) is 0 Å². The van der Waals surface area contributed by atoms with E-state index < -0.39 is 0 Å². The smallest absolute Gasteiger partial charge is 0.0800 e. The Labute approximate surface area is 148 Å². The molecule has 0 unspecified atom stereocenters. The lowest BCUT2D eigenvalue weighted by Crippen LogP contribution is -2.37. The third-order valence-electron chi connectivity index (χ3n) is 5.10. The standard InChI is InChI=1S/C21H23N3O/c1-15(24-11-13-25-14-12-24)16-5-7-17(8-6-16)18-3-2-4-19-20(22)9-10-23-21(18)19/h2-10,15H,11-14H2,1H3,(H2,22,23)/t15-/m0/s1. The minimum absolute atomic E-state index is 0.402. The van der Waals surface area contributed by atoms with Crippen molar-refractivity contribution in [3.05, 3.63) is 60.3 Å². The van der Waals surface area contributed by atoms with E-state index in [1.54, 1.807) is 6.20 Å². The van der Waals surface area contributed by atoms with Gasteiger partial charge in [-0.3, -0.25) is 9.88 Å². The Morgan fingerprint density at radius 1 is 1.04 bits per heavy atom. The Morgan fingerprint density at radius 3 is 2.56 bits per heavy atom. The molecule has 2 N–H and O–H groups in total. The second-order valence-electron chi connectivity index (χ2n) is 6.55. The molecule has 4 heteroatoms. The molecule has 1 fully saturated rings. The Hall–Kier alpha value is -2.43. The molecular weight excluding hydrogens is 310 g/mol. The van der Waals surface area contributed by atoms with Crippen LogP contribution in [0.4, 0.5) is 5.69 Å². The summed E-state index contributed by atoms with van der Waals surface area (Å²) >= 11 is 0. The second-order valence-corrected chi connectivity index (χ2v) is 6.55. The van der Waals surface area contributed by atoms with Crippen molar-refractivity contribution in [3.63, 3.8) is 0 Å². The average Bonchev–Trinajstić information content (AvgIpc) is 2.68. The Morgan fingerprint density at radius 2 is 1.80 bits per heavy atom. The maximum absolute atomic E-state index is 6.09. The van der Waals surface area contributed by atoms with Gasteiger partial charge < -0.3 is 10.5 Å². The van der Waals surface area contributed by atoms with E-state index in [-0.39, 0.29) is 0 Å². The Kier molecular flexibility index (Phi) is 4.38. The molecule has 2 aromatic carbocycles. The van der Waals surface area contributed by atoms with Crippen molar-refractivity contribution >= 4 is 16.6 Å². The highest BCUT2D eigenvalue weighted by atomic mass is 16.5. The number of para-hydroxylation sites is 1. The van der Waals surface area contributed by atoms with Crippen molar-refractivity contribution in [3.8, 4) is 11.1 Å². The van der Waals surface area contributed by atoms with Gasteiger partial charge in [0.25, 0.3) is 0 Å². The SMILES string of the molecule is C[C@@H](c1ccc(-c2cccc3c(N)ccnc23)cc1)N1CCOCC1. The fourth-order valence-electron chi connectivity index (χ4n) is 3.55. The molecule has 0 bridgehead atoms. The quantitative estimate of drug-likeness (QED) is 0.790. The van der Waals surface area contributed by atoms with Crippen LogP contribution in [0.1, 0.15) is 18.5 Å². The largest absolute Gasteiger partial charge is 0.398 e. The normalized spacial score (nSPS) is 16.8. The van der Waals surface area contributed by atoms with E-state index >= 15 is 0 Å². The van der Waals surface area contributed by atoms with Gasteiger partial charge in [-0.05, 0) is 24.1 Å². The summed E-state index contributed by atoms with van der Waals surface area (Å²) in [6.45, 7) is 5.91. The summed E-state index contributed by atoms with van der Waals surface area (Å²) < 4.78 is 5.45. The van der Waals surface area contributed by atoms with Crippen LogP contribution in [0.25, 0.3) is 22.0 Å². The highest BCUT2D eigenvalue weighted by Gasteiger charge is 2.18. The minimum atomic E-state index is 0.402. The van der Waals surface area contributed by atoms with Crippen LogP contribution >= 0.6 is 0 Å². The van der Waals surface area contributed by atoms with E-state index in [1.807, 2.05) is 18.2 Å². The maximum atomic E-state index is 6.09. The van der Waals surface area contributed by atoms with Gasteiger partial charge in [0, 0.05) is 42.0 Å². The summed E-state index contributed by atoms with van der Waals surface area (Å²) in [6, 6.07) is 17.2. The van der Waals surface area contributed by atoms with Crippen molar-refractivity contribution in [2.45, 2.75) is 13.0 Å². The van der Waals surface area contributed by atoms with Gasteiger partial charge >= 0.3 is 0 Å². The summed E-state index contributed by atoms with van der Waals surface area (Å²) in [7, 11) is 0. The number of hydrogen-bond donors (Lipinski definition) is 1. The van der Waals surface area contributed by atoms with Gasteiger partial charge in [0.15, 0.2) is 0 Å². The summed E-state index contributed by atoms with van der Waals surface area (Å²) in [6.07, 6.45) is 1.77. The first-order valence-electron chi connectivity index (χ1n) is 8.79. The van der Waals surface area contributed by atoms with E-state index in [0.29, 0.717) is 6.04 Å². The predicted molar refractivity (Wildman–Crippen MR) is 102 cm³/mol. The molecule has 1 atom stereocenters. The molecule has 2 heterocycles. The molecule has 3 aromatic rings. The van der Waals surface area contributed by atoms with E-state index in [4.69, 9.17) is 10.5 Å². The van der Waals surface area contributed by atoms with Crippen LogP contribution in [0, 0.1) is 0 Å². The topological polar surface area (TPSA) is 51.4 Å². The molecule has 1 aliphatic heterocycles. The molecule has 4 nitrogen and oxygen atoms in total. The fraction of sp³-hybridized carbons (Fsp3) is 0.286. The first kappa shape index (κ1) is 16.1. The number of pyridine rings is 1. The van der Waals surface area contributed by atoms with E-state index in [9.17, 15) is 0 Å². The van der Waals surface area contributed by atoms with Gasteiger partial charge in [0.05, 0.1) is 18.7 Å². The highest BCUT2D eigenvalue weighted by Crippen LogP contribution is 2.31. The van der Waals surface area contributed by atoms with Crippen molar-refractivity contribution in [2.24, 2.45) is 0 Å². The number of anilines is 1. The van der Waals surface area contributed by atoms with Gasteiger partial charge in [-0.25, -0.2) is 0 Å². The molecule has 0 radical (unpaired) electrons. The molecule has 0 amide bonds. The van der Waals surface area contributed by atoms with Crippen LogP contribution in [0.2, 0.25) is 0 Å². The van der Waals surface area contributed by atoms with Crippen molar-refractivity contribution in [2.75, 3.05) is 32.0 Å². The highest BCUT2D eigenvalue weighted by molar-refractivity contribution is 5.99. The number of morpholine rings is 1. The molecule has 1 saturated heterocycles. The zero-order valence-corrected chi connectivity index (χ0v) is 14.5. The second kappa shape index (κ2) is 6.82.